The van der Waals surface area contributed by atoms with E-state index in [1.807, 2.05) is 45.0 Å². The van der Waals surface area contributed by atoms with Gasteiger partial charge in [-0.1, -0.05) is 20.8 Å². The van der Waals surface area contributed by atoms with Gasteiger partial charge in [0.15, 0.2) is 23.0 Å². The summed E-state index contributed by atoms with van der Waals surface area (Å²) in [6, 6.07) is 7.61. The molecule has 0 aliphatic carbocycles. The average Bonchev–Trinajstić information content (AvgIpc) is 2.86. The van der Waals surface area contributed by atoms with Gasteiger partial charge >= 0.3 is 5.97 Å². The van der Waals surface area contributed by atoms with Gasteiger partial charge in [0, 0.05) is 12.3 Å². The van der Waals surface area contributed by atoms with Gasteiger partial charge in [0.25, 0.3) is 0 Å². The summed E-state index contributed by atoms with van der Waals surface area (Å²) in [5, 5.41) is 0. The van der Waals surface area contributed by atoms with E-state index in [0.717, 1.165) is 11.1 Å². The Bertz CT molecular complexity index is 982. The highest BCUT2D eigenvalue weighted by molar-refractivity contribution is 5.72. The van der Waals surface area contributed by atoms with Gasteiger partial charge in [-0.2, -0.15) is 0 Å². The van der Waals surface area contributed by atoms with E-state index in [1.165, 1.54) is 0 Å². The van der Waals surface area contributed by atoms with E-state index in [-0.39, 0.29) is 17.8 Å². The van der Waals surface area contributed by atoms with Crippen LogP contribution >= 0.6 is 0 Å². The van der Waals surface area contributed by atoms with Gasteiger partial charge in [0.2, 0.25) is 11.5 Å². The Morgan fingerprint density at radius 2 is 1.08 bits per heavy atom. The Labute approximate surface area is 214 Å². The molecule has 0 saturated heterocycles. The fourth-order valence-corrected chi connectivity index (χ4v) is 4.12. The van der Waals surface area contributed by atoms with Gasteiger partial charge in [0.1, 0.15) is 5.60 Å². The van der Waals surface area contributed by atoms with Crippen molar-refractivity contribution in [3.05, 3.63) is 35.4 Å². The fourth-order valence-electron chi connectivity index (χ4n) is 4.12. The quantitative estimate of drug-likeness (QED) is 0.348. The second-order valence-corrected chi connectivity index (χ2v) is 9.24. The lowest BCUT2D eigenvalue weighted by atomic mass is 9.80. The van der Waals surface area contributed by atoms with Crippen LogP contribution in [0.4, 0.5) is 0 Å². The number of hydrogen-bond donors (Lipinski definition) is 0. The summed E-state index contributed by atoms with van der Waals surface area (Å²) in [4.78, 5) is 12.8. The zero-order valence-electron chi connectivity index (χ0n) is 23.1. The smallest absolute Gasteiger partial charge is 0.308 e. The van der Waals surface area contributed by atoms with Crippen LogP contribution in [0, 0.1) is 11.8 Å². The maximum Gasteiger partial charge on any atom is 0.308 e. The van der Waals surface area contributed by atoms with Crippen LogP contribution in [-0.4, -0.2) is 54.2 Å². The molecule has 8 nitrogen and oxygen atoms in total. The predicted octanol–water partition coefficient (Wildman–Crippen LogP) is 5.12. The first kappa shape index (κ1) is 28.9. The van der Waals surface area contributed by atoms with E-state index in [2.05, 4.69) is 6.92 Å². The monoisotopic (exact) mass is 504 g/mol. The van der Waals surface area contributed by atoms with Crippen LogP contribution in [0.5, 0.6) is 34.5 Å². The van der Waals surface area contributed by atoms with E-state index < -0.39 is 5.60 Å². The number of carbonyl (C=O) groups is 1. The summed E-state index contributed by atoms with van der Waals surface area (Å²) in [7, 11) is 9.46. The minimum Gasteiger partial charge on any atom is -0.493 e. The topological polar surface area (TPSA) is 81.7 Å². The SMILES string of the molecule is COc1cc(C[C@H](C)[C@@](C)(Cc2cc(OC)c(OC)c(OC)c2)OC(=O)C(C)C)cc(OC)c1OC. The molecule has 0 aliphatic heterocycles. The van der Waals surface area contributed by atoms with Crippen molar-refractivity contribution >= 4 is 5.97 Å². The van der Waals surface area contributed by atoms with Crippen LogP contribution in [0.2, 0.25) is 0 Å². The van der Waals surface area contributed by atoms with Crippen LogP contribution in [0.3, 0.4) is 0 Å². The maximum absolute atomic E-state index is 12.8. The highest BCUT2D eigenvalue weighted by Crippen LogP contribution is 2.42. The molecule has 0 aliphatic rings. The van der Waals surface area contributed by atoms with Crippen molar-refractivity contribution in [2.75, 3.05) is 42.7 Å². The molecule has 0 aromatic heterocycles. The molecule has 0 radical (unpaired) electrons. The van der Waals surface area contributed by atoms with Crippen molar-refractivity contribution in [1.29, 1.82) is 0 Å². The minimum absolute atomic E-state index is 0.0814. The molecule has 2 aromatic rings. The summed E-state index contributed by atoms with van der Waals surface area (Å²) < 4.78 is 39.2. The Morgan fingerprint density at radius 1 is 0.694 bits per heavy atom. The number of ether oxygens (including phenoxy) is 7. The summed E-state index contributed by atoms with van der Waals surface area (Å²) in [5.41, 5.74) is 1.01. The third kappa shape index (κ3) is 6.47. The van der Waals surface area contributed by atoms with E-state index in [0.29, 0.717) is 47.3 Å². The molecule has 200 valence electrons. The van der Waals surface area contributed by atoms with E-state index >= 15 is 0 Å². The Hall–Kier alpha value is -3.29. The van der Waals surface area contributed by atoms with Crippen LogP contribution in [-0.2, 0) is 22.4 Å². The van der Waals surface area contributed by atoms with Crippen molar-refractivity contribution in [3.63, 3.8) is 0 Å². The molecule has 0 heterocycles. The molecule has 2 atom stereocenters. The second kappa shape index (κ2) is 12.6. The minimum atomic E-state index is -0.841. The van der Waals surface area contributed by atoms with Gasteiger partial charge in [-0.15, -0.1) is 0 Å². The molecule has 0 fully saturated rings. The molecule has 0 spiro atoms. The largest absolute Gasteiger partial charge is 0.493 e. The van der Waals surface area contributed by atoms with E-state index in [1.54, 1.807) is 42.7 Å². The molecule has 2 rings (SSSR count). The van der Waals surface area contributed by atoms with Gasteiger partial charge in [-0.3, -0.25) is 4.79 Å². The third-order valence-corrected chi connectivity index (χ3v) is 6.39. The number of carbonyl (C=O) groups excluding carboxylic acids is 1. The van der Waals surface area contributed by atoms with Crippen molar-refractivity contribution in [2.45, 2.75) is 46.1 Å². The van der Waals surface area contributed by atoms with Crippen molar-refractivity contribution < 1.29 is 38.0 Å². The Morgan fingerprint density at radius 3 is 1.42 bits per heavy atom. The lowest BCUT2D eigenvalue weighted by Gasteiger charge is -2.36. The van der Waals surface area contributed by atoms with Crippen LogP contribution in [0.1, 0.15) is 38.8 Å². The molecule has 0 unspecified atom stereocenters. The first-order valence-electron chi connectivity index (χ1n) is 11.9. The van der Waals surface area contributed by atoms with Gasteiger partial charge < -0.3 is 33.2 Å². The van der Waals surface area contributed by atoms with Gasteiger partial charge in [-0.05, 0) is 48.7 Å². The molecule has 8 heteroatoms. The third-order valence-electron chi connectivity index (χ3n) is 6.39. The lowest BCUT2D eigenvalue weighted by molar-refractivity contribution is -0.167. The number of rotatable bonds is 13. The first-order chi connectivity index (χ1) is 17.1. The van der Waals surface area contributed by atoms with Gasteiger partial charge in [-0.25, -0.2) is 0 Å². The molecule has 36 heavy (non-hydrogen) atoms. The molecular formula is C28H40O8. The van der Waals surface area contributed by atoms with E-state index in [4.69, 9.17) is 33.2 Å². The standard InChI is InChI=1S/C28H40O8/c1-17(2)27(29)36-28(4,16-20-14-23(32-7)26(35-10)24(15-20)33-8)18(3)11-19-12-21(30-5)25(34-9)22(13-19)31-6/h12-15,17-18H,11,16H2,1-10H3/t18-,28+/m0/s1. The summed E-state index contributed by atoms with van der Waals surface area (Å²) in [6.45, 7) is 7.67. The summed E-state index contributed by atoms with van der Waals surface area (Å²) >= 11 is 0. The van der Waals surface area contributed by atoms with Gasteiger partial charge in [0.05, 0.1) is 48.6 Å². The highest BCUT2D eigenvalue weighted by Gasteiger charge is 2.37. The average molecular weight is 505 g/mol. The fraction of sp³-hybridized carbons (Fsp3) is 0.536. The zero-order valence-corrected chi connectivity index (χ0v) is 23.1. The zero-order chi connectivity index (χ0) is 27.0. The number of benzene rings is 2. The second-order valence-electron chi connectivity index (χ2n) is 9.24. The summed E-state index contributed by atoms with van der Waals surface area (Å²) in [6.07, 6.45) is 1.04. The van der Waals surface area contributed by atoms with Crippen LogP contribution in [0.15, 0.2) is 24.3 Å². The number of hydrogen-bond acceptors (Lipinski definition) is 8. The molecular weight excluding hydrogens is 464 g/mol. The molecule has 2 aromatic carbocycles. The highest BCUT2D eigenvalue weighted by atomic mass is 16.6. The van der Waals surface area contributed by atoms with Crippen LogP contribution in [0.25, 0.3) is 0 Å². The molecule has 0 amide bonds. The molecule has 0 N–H and O–H groups in total. The molecule has 0 bridgehead atoms. The molecule has 0 saturated carbocycles. The van der Waals surface area contributed by atoms with Crippen molar-refractivity contribution in [3.8, 4) is 34.5 Å². The first-order valence-corrected chi connectivity index (χ1v) is 11.9. The van der Waals surface area contributed by atoms with Crippen LogP contribution < -0.4 is 28.4 Å². The predicted molar refractivity (Wildman–Crippen MR) is 138 cm³/mol. The van der Waals surface area contributed by atoms with Crippen molar-refractivity contribution in [1.82, 2.24) is 0 Å². The van der Waals surface area contributed by atoms with E-state index in [9.17, 15) is 4.79 Å². The summed E-state index contributed by atoms with van der Waals surface area (Å²) in [5.74, 6) is 2.66. The number of methoxy groups -OCH3 is 6. The lowest BCUT2D eigenvalue weighted by Crippen LogP contribution is -2.42. The number of esters is 1. The Kier molecular flexibility index (Phi) is 10.1. The normalized spacial score (nSPS) is 13.4. The van der Waals surface area contributed by atoms with Crippen molar-refractivity contribution in [2.24, 2.45) is 11.8 Å². The Balaban J connectivity index is 2.50. The maximum atomic E-state index is 12.8.